The SMILES string of the molecule is CC(=O)[O][Ti]([O]C(C)=O)[C]1=C(C)C(C)=C(C)C1(C)C.Cl. The van der Waals surface area contributed by atoms with Crippen molar-refractivity contribution < 1.29 is 34.9 Å². The summed E-state index contributed by atoms with van der Waals surface area (Å²) in [5.41, 5.74) is 3.32. The number of hydrogen-bond acceptors (Lipinski definition) is 4. The summed E-state index contributed by atoms with van der Waals surface area (Å²) in [7, 11) is 0. The van der Waals surface area contributed by atoms with Crippen LogP contribution in [0.5, 0.6) is 0 Å². The average Bonchev–Trinajstić information content (AvgIpc) is 2.37. The standard InChI is InChI=1S/C10H15.2C2H4O2.ClH.Ti/c1-7-6-10(4,5)9(3)8(7)2;2*1-2(3)4;;/h1-5H3;2*1H3,(H,3,4);1H;/q;;;;+2/p-2. The summed E-state index contributed by atoms with van der Waals surface area (Å²) in [6, 6.07) is 0. The van der Waals surface area contributed by atoms with Crippen LogP contribution in [0.2, 0.25) is 0 Å². The molecule has 0 saturated carbocycles. The molecule has 1 aliphatic carbocycles. The quantitative estimate of drug-likeness (QED) is 0.738. The maximum absolute atomic E-state index is 11.3. The maximum Gasteiger partial charge on any atom is -0.147 e. The van der Waals surface area contributed by atoms with Crippen molar-refractivity contribution in [2.24, 2.45) is 5.41 Å². The van der Waals surface area contributed by atoms with E-state index in [0.29, 0.717) is 0 Å². The summed E-state index contributed by atoms with van der Waals surface area (Å²) in [5, 5.41) is 0. The molecular weight excluding hydrogens is 315 g/mol. The van der Waals surface area contributed by atoms with E-state index in [0.717, 1.165) is 9.45 Å². The first-order valence-electron chi connectivity index (χ1n) is 6.22. The Labute approximate surface area is 133 Å². The molecule has 0 spiro atoms. The van der Waals surface area contributed by atoms with E-state index in [2.05, 4.69) is 27.7 Å². The number of carbonyl (C=O) groups excluding carboxylic acids is 2. The minimum absolute atomic E-state index is 0. The van der Waals surface area contributed by atoms with Crippen molar-refractivity contribution in [2.75, 3.05) is 0 Å². The zero-order valence-corrected chi connectivity index (χ0v) is 15.4. The molecule has 4 nitrogen and oxygen atoms in total. The predicted molar refractivity (Wildman–Crippen MR) is 75.6 cm³/mol. The van der Waals surface area contributed by atoms with Crippen LogP contribution in [0.1, 0.15) is 48.5 Å². The van der Waals surface area contributed by atoms with Gasteiger partial charge in [-0.05, 0) is 0 Å². The molecule has 0 aliphatic heterocycles. The van der Waals surface area contributed by atoms with Crippen molar-refractivity contribution in [3.63, 3.8) is 0 Å². The molecule has 1 aliphatic rings. The summed E-state index contributed by atoms with van der Waals surface area (Å²) < 4.78 is 11.7. The van der Waals surface area contributed by atoms with E-state index in [1.165, 1.54) is 25.0 Å². The predicted octanol–water partition coefficient (Wildman–Crippen LogP) is 3.63. The second kappa shape index (κ2) is 6.92. The molecule has 0 unspecified atom stereocenters. The molecule has 6 heteroatoms. The fraction of sp³-hybridized carbons (Fsp3) is 0.571. The third-order valence-electron chi connectivity index (χ3n) is 3.74. The molecule has 0 aromatic carbocycles. The van der Waals surface area contributed by atoms with Gasteiger partial charge in [-0.3, -0.25) is 0 Å². The van der Waals surface area contributed by atoms with Gasteiger partial charge in [-0.15, -0.1) is 12.4 Å². The average molecular weight is 338 g/mol. The van der Waals surface area contributed by atoms with Crippen LogP contribution in [0, 0.1) is 5.41 Å². The first-order chi connectivity index (χ1) is 8.59. The van der Waals surface area contributed by atoms with Crippen LogP contribution in [0.25, 0.3) is 0 Å². The Morgan fingerprint density at radius 2 is 1.35 bits per heavy atom. The Kier molecular flexibility index (Phi) is 6.72. The Balaban J connectivity index is 0.00000361. The second-order valence-electron chi connectivity index (χ2n) is 5.35. The summed E-state index contributed by atoms with van der Waals surface area (Å²) >= 11 is -2.84. The molecule has 0 radical (unpaired) electrons. The van der Waals surface area contributed by atoms with Crippen molar-refractivity contribution in [3.8, 4) is 0 Å². The fourth-order valence-corrected chi connectivity index (χ4v) is 5.45. The van der Waals surface area contributed by atoms with Crippen molar-refractivity contribution in [1.82, 2.24) is 0 Å². The zero-order valence-electron chi connectivity index (χ0n) is 13.0. The monoisotopic (exact) mass is 337 g/mol. The van der Waals surface area contributed by atoms with Crippen LogP contribution < -0.4 is 0 Å². The van der Waals surface area contributed by atoms with Gasteiger partial charge in [-0.25, -0.2) is 0 Å². The van der Waals surface area contributed by atoms with Crippen LogP contribution in [0.15, 0.2) is 20.6 Å². The van der Waals surface area contributed by atoms with Crippen LogP contribution in [0.3, 0.4) is 0 Å². The Hall–Kier alpha value is -0.576. The Bertz CT molecular complexity index is 475. The van der Waals surface area contributed by atoms with Gasteiger partial charge in [-0.1, -0.05) is 0 Å². The van der Waals surface area contributed by atoms with E-state index in [1.54, 1.807) is 0 Å². The van der Waals surface area contributed by atoms with Crippen molar-refractivity contribution in [2.45, 2.75) is 48.5 Å². The second-order valence-corrected chi connectivity index (χ2v) is 7.67. The van der Waals surface area contributed by atoms with Gasteiger partial charge in [0.15, 0.2) is 0 Å². The number of halogens is 1. The maximum atomic E-state index is 11.3. The molecule has 0 N–H and O–H groups in total. The van der Waals surface area contributed by atoms with E-state index in [1.807, 2.05) is 6.92 Å². The third-order valence-corrected chi connectivity index (χ3v) is 7.42. The van der Waals surface area contributed by atoms with Crippen molar-refractivity contribution >= 4 is 24.3 Å². The molecule has 20 heavy (non-hydrogen) atoms. The van der Waals surface area contributed by atoms with Crippen LogP contribution >= 0.6 is 12.4 Å². The molecule has 0 atom stereocenters. The molecule has 113 valence electrons. The minimum atomic E-state index is -2.84. The van der Waals surface area contributed by atoms with Gasteiger partial charge in [0.25, 0.3) is 0 Å². The molecule has 0 heterocycles. The molecule has 0 bridgehead atoms. The first-order valence-corrected chi connectivity index (χ1v) is 8.28. The minimum Gasteiger partial charge on any atom is -0.147 e. The normalized spacial score (nSPS) is 16.8. The van der Waals surface area contributed by atoms with Crippen LogP contribution in [0.4, 0.5) is 0 Å². The van der Waals surface area contributed by atoms with Gasteiger partial charge in [0.05, 0.1) is 0 Å². The summed E-state index contributed by atoms with van der Waals surface area (Å²) in [6.45, 7) is 13.0. The fourth-order valence-electron chi connectivity index (χ4n) is 2.39. The third kappa shape index (κ3) is 3.75. The topological polar surface area (TPSA) is 52.6 Å². The zero-order chi connectivity index (χ0) is 15.0. The van der Waals surface area contributed by atoms with E-state index in [-0.39, 0.29) is 17.8 Å². The van der Waals surface area contributed by atoms with E-state index in [4.69, 9.17) is 6.64 Å². The van der Waals surface area contributed by atoms with E-state index in [9.17, 15) is 9.59 Å². The molecule has 0 aromatic rings. The number of hydrogen-bond donors (Lipinski definition) is 0. The molecule has 0 aromatic heterocycles. The smallest absolute Gasteiger partial charge is 0.147 e. The van der Waals surface area contributed by atoms with Gasteiger partial charge < -0.3 is 0 Å². The Morgan fingerprint density at radius 3 is 1.60 bits per heavy atom. The van der Waals surface area contributed by atoms with Gasteiger partial charge in [0, 0.05) is 0 Å². The van der Waals surface area contributed by atoms with Crippen LogP contribution in [-0.2, 0) is 34.9 Å². The number of carbonyl (C=O) groups is 2. The van der Waals surface area contributed by atoms with Gasteiger partial charge in [0.1, 0.15) is 0 Å². The first kappa shape index (κ1) is 19.4. The molecular formula is C14H22ClO4Ti. The van der Waals surface area contributed by atoms with Gasteiger partial charge >= 0.3 is 121 Å². The Morgan fingerprint density at radius 1 is 0.950 bits per heavy atom. The molecule has 0 fully saturated rings. The summed E-state index contributed by atoms with van der Waals surface area (Å²) in [4.78, 5) is 22.5. The van der Waals surface area contributed by atoms with Crippen molar-refractivity contribution in [3.05, 3.63) is 20.6 Å². The summed E-state index contributed by atoms with van der Waals surface area (Å²) in [6.07, 6.45) is 0. The molecule has 0 saturated heterocycles. The van der Waals surface area contributed by atoms with E-state index >= 15 is 0 Å². The molecule has 0 amide bonds. The van der Waals surface area contributed by atoms with Gasteiger partial charge in [0.2, 0.25) is 0 Å². The van der Waals surface area contributed by atoms with Crippen molar-refractivity contribution in [1.29, 1.82) is 0 Å². The molecule has 1 rings (SSSR count). The van der Waals surface area contributed by atoms with E-state index < -0.39 is 30.6 Å². The van der Waals surface area contributed by atoms with Crippen LogP contribution in [-0.4, -0.2) is 11.9 Å². The largest absolute Gasteiger partial charge is 0.147 e. The number of allylic oxidation sites excluding steroid dienone is 4. The number of rotatable bonds is 3. The summed E-state index contributed by atoms with van der Waals surface area (Å²) in [5.74, 6) is -0.788. The van der Waals surface area contributed by atoms with Gasteiger partial charge in [-0.2, -0.15) is 0 Å².